The van der Waals surface area contributed by atoms with E-state index in [1.807, 2.05) is 19.1 Å². The molecule has 0 bridgehead atoms. The molecule has 0 aliphatic heterocycles. The molecule has 0 amide bonds. The van der Waals surface area contributed by atoms with Gasteiger partial charge in [0.1, 0.15) is 5.75 Å². The summed E-state index contributed by atoms with van der Waals surface area (Å²) in [7, 11) is 0. The van der Waals surface area contributed by atoms with Gasteiger partial charge in [-0.05, 0) is 55.4 Å². The smallest absolute Gasteiger partial charge is 0.118 e. The van der Waals surface area contributed by atoms with Gasteiger partial charge in [-0.1, -0.05) is 49.1 Å². The number of aryl methyl sites for hydroxylation is 2. The van der Waals surface area contributed by atoms with E-state index in [4.69, 9.17) is 0 Å². The molecule has 2 aromatic rings. The van der Waals surface area contributed by atoms with E-state index in [1.54, 1.807) is 6.07 Å². The van der Waals surface area contributed by atoms with Crippen LogP contribution in [0.1, 0.15) is 35.1 Å². The average Bonchev–Trinajstić information content (AvgIpc) is 2.60. The summed E-state index contributed by atoms with van der Waals surface area (Å²) in [5, 5.41) is 13.3. The zero-order valence-electron chi connectivity index (χ0n) is 14.5. The molecule has 0 fully saturated rings. The molecule has 0 heterocycles. The van der Waals surface area contributed by atoms with Crippen LogP contribution in [-0.4, -0.2) is 11.7 Å². The van der Waals surface area contributed by atoms with E-state index in [2.05, 4.69) is 48.8 Å². The molecule has 126 valence electrons. The molecule has 0 saturated carbocycles. The summed E-state index contributed by atoms with van der Waals surface area (Å²) < 4.78 is 0. The number of allylic oxidation sites excluding steroid dienone is 1. The van der Waals surface area contributed by atoms with Crippen molar-refractivity contribution in [3.05, 3.63) is 84.0 Å². The van der Waals surface area contributed by atoms with Crippen LogP contribution in [0.4, 0.5) is 0 Å². The number of phenolic OH excluding ortho intramolecular Hbond substituents is 1. The van der Waals surface area contributed by atoms with E-state index in [0.29, 0.717) is 5.75 Å². The normalized spacial score (nSPS) is 10.4. The summed E-state index contributed by atoms with van der Waals surface area (Å²) in [4.78, 5) is 0. The second-order valence-corrected chi connectivity index (χ2v) is 6.05. The predicted octanol–water partition coefficient (Wildman–Crippen LogP) is 5.01. The average molecular weight is 321 g/mol. The van der Waals surface area contributed by atoms with Crippen molar-refractivity contribution in [3.63, 3.8) is 0 Å². The van der Waals surface area contributed by atoms with Gasteiger partial charge in [0.15, 0.2) is 0 Å². The summed E-state index contributed by atoms with van der Waals surface area (Å²) in [5.74, 6) is 0.370. The van der Waals surface area contributed by atoms with E-state index in [-0.39, 0.29) is 0 Å². The van der Waals surface area contributed by atoms with Crippen LogP contribution in [-0.2, 0) is 12.8 Å². The third-order valence-corrected chi connectivity index (χ3v) is 4.35. The van der Waals surface area contributed by atoms with Crippen molar-refractivity contribution in [3.8, 4) is 5.75 Å². The van der Waals surface area contributed by atoms with Gasteiger partial charge < -0.3 is 10.4 Å². The molecule has 2 nitrogen and oxygen atoms in total. The molecule has 2 N–H and O–H groups in total. The standard InChI is InChI=1S/C22H27NO/c1-4-5-8-16-23-18(3)21-12-7-6-10-20(21)15-14-19-11-9-13-22(24)17(19)2/h4,6-7,9-13,23-24H,1,3,5,8,14-16H2,2H3. The van der Waals surface area contributed by atoms with Crippen LogP contribution in [0.3, 0.4) is 0 Å². The van der Waals surface area contributed by atoms with Gasteiger partial charge in [-0.15, -0.1) is 6.58 Å². The van der Waals surface area contributed by atoms with Crippen molar-refractivity contribution >= 4 is 5.70 Å². The summed E-state index contributed by atoms with van der Waals surface area (Å²) in [6.45, 7) is 10.8. The van der Waals surface area contributed by atoms with Crippen LogP contribution in [0.5, 0.6) is 5.75 Å². The van der Waals surface area contributed by atoms with Crippen LogP contribution in [0.25, 0.3) is 5.70 Å². The zero-order valence-corrected chi connectivity index (χ0v) is 14.5. The molecule has 0 saturated heterocycles. The van der Waals surface area contributed by atoms with Crippen LogP contribution < -0.4 is 5.32 Å². The third kappa shape index (κ3) is 4.76. The Hall–Kier alpha value is -2.48. The van der Waals surface area contributed by atoms with Crippen molar-refractivity contribution in [1.82, 2.24) is 5.32 Å². The van der Waals surface area contributed by atoms with Crippen LogP contribution in [0.2, 0.25) is 0 Å². The van der Waals surface area contributed by atoms with E-state index >= 15 is 0 Å². The third-order valence-electron chi connectivity index (χ3n) is 4.35. The lowest BCUT2D eigenvalue weighted by Crippen LogP contribution is -2.14. The van der Waals surface area contributed by atoms with E-state index < -0.39 is 0 Å². The number of rotatable bonds is 9. The van der Waals surface area contributed by atoms with Gasteiger partial charge >= 0.3 is 0 Å². The monoisotopic (exact) mass is 321 g/mol. The van der Waals surface area contributed by atoms with Gasteiger partial charge in [0, 0.05) is 17.8 Å². The number of hydrogen-bond donors (Lipinski definition) is 2. The SMILES string of the molecule is C=CCCCNC(=C)c1ccccc1CCc1cccc(O)c1C. The second-order valence-electron chi connectivity index (χ2n) is 6.05. The Labute approximate surface area is 145 Å². The fourth-order valence-electron chi connectivity index (χ4n) is 2.82. The Kier molecular flexibility index (Phi) is 6.68. The molecule has 0 aliphatic carbocycles. The first-order valence-electron chi connectivity index (χ1n) is 8.53. The van der Waals surface area contributed by atoms with Crippen molar-refractivity contribution in [2.75, 3.05) is 6.54 Å². The summed E-state index contributed by atoms with van der Waals surface area (Å²) in [6, 6.07) is 14.1. The summed E-state index contributed by atoms with van der Waals surface area (Å²) >= 11 is 0. The minimum Gasteiger partial charge on any atom is -0.508 e. The van der Waals surface area contributed by atoms with Gasteiger partial charge in [-0.25, -0.2) is 0 Å². The molecule has 0 aromatic heterocycles. The molecule has 0 atom stereocenters. The van der Waals surface area contributed by atoms with E-state index in [1.165, 1.54) is 16.7 Å². The quantitative estimate of drug-likeness (QED) is 0.502. The first-order valence-corrected chi connectivity index (χ1v) is 8.53. The van der Waals surface area contributed by atoms with Crippen molar-refractivity contribution in [2.24, 2.45) is 0 Å². The lowest BCUT2D eigenvalue weighted by atomic mass is 9.96. The molecule has 0 unspecified atom stereocenters. The lowest BCUT2D eigenvalue weighted by molar-refractivity contribution is 0.470. The lowest BCUT2D eigenvalue weighted by Gasteiger charge is -2.15. The number of nitrogens with one attached hydrogen (secondary N) is 1. The minimum absolute atomic E-state index is 0.370. The highest BCUT2D eigenvalue weighted by Crippen LogP contribution is 2.23. The number of unbranched alkanes of at least 4 members (excludes halogenated alkanes) is 1. The predicted molar refractivity (Wildman–Crippen MR) is 103 cm³/mol. The van der Waals surface area contributed by atoms with E-state index in [9.17, 15) is 5.11 Å². The number of benzene rings is 2. The Morgan fingerprint density at radius 3 is 2.58 bits per heavy atom. The van der Waals surface area contributed by atoms with Gasteiger partial charge in [-0.2, -0.15) is 0 Å². The Bertz CT molecular complexity index is 703. The largest absolute Gasteiger partial charge is 0.508 e. The molecule has 0 aliphatic rings. The fourth-order valence-corrected chi connectivity index (χ4v) is 2.82. The first kappa shape index (κ1) is 17.9. The van der Waals surface area contributed by atoms with Gasteiger partial charge in [0.25, 0.3) is 0 Å². The number of aromatic hydroxyl groups is 1. The Balaban J connectivity index is 2.04. The van der Waals surface area contributed by atoms with Gasteiger partial charge in [0.05, 0.1) is 0 Å². The minimum atomic E-state index is 0.370. The van der Waals surface area contributed by atoms with Gasteiger partial charge in [0.2, 0.25) is 0 Å². The number of hydrogen-bond acceptors (Lipinski definition) is 2. The molecular weight excluding hydrogens is 294 g/mol. The second kappa shape index (κ2) is 8.97. The van der Waals surface area contributed by atoms with Crippen LogP contribution in [0, 0.1) is 6.92 Å². The highest BCUT2D eigenvalue weighted by atomic mass is 16.3. The van der Waals surface area contributed by atoms with Crippen LogP contribution >= 0.6 is 0 Å². The maximum absolute atomic E-state index is 9.85. The maximum atomic E-state index is 9.85. The molecule has 2 rings (SSSR count). The summed E-state index contributed by atoms with van der Waals surface area (Å²) in [5.41, 5.74) is 5.59. The van der Waals surface area contributed by atoms with Crippen molar-refractivity contribution in [2.45, 2.75) is 32.6 Å². The Morgan fingerprint density at radius 2 is 1.79 bits per heavy atom. The zero-order chi connectivity index (χ0) is 17.4. The highest BCUT2D eigenvalue weighted by Gasteiger charge is 2.08. The maximum Gasteiger partial charge on any atom is 0.118 e. The molecular formula is C22H27NO. The fraction of sp³-hybridized carbons (Fsp3) is 0.273. The summed E-state index contributed by atoms with van der Waals surface area (Å²) in [6.07, 6.45) is 5.84. The van der Waals surface area contributed by atoms with Crippen molar-refractivity contribution in [1.29, 1.82) is 0 Å². The number of phenols is 1. The highest BCUT2D eigenvalue weighted by molar-refractivity contribution is 5.64. The molecule has 0 spiro atoms. The van der Waals surface area contributed by atoms with E-state index in [0.717, 1.165) is 43.5 Å². The van der Waals surface area contributed by atoms with Gasteiger partial charge in [-0.3, -0.25) is 0 Å². The molecule has 2 heteroatoms. The molecule has 0 radical (unpaired) electrons. The van der Waals surface area contributed by atoms with Crippen LogP contribution in [0.15, 0.2) is 61.7 Å². The van der Waals surface area contributed by atoms with Crippen molar-refractivity contribution < 1.29 is 5.11 Å². The molecule has 24 heavy (non-hydrogen) atoms. The first-order chi connectivity index (χ1) is 11.6. The molecule has 2 aromatic carbocycles. The topological polar surface area (TPSA) is 32.3 Å². The Morgan fingerprint density at radius 1 is 1.08 bits per heavy atom.